The number of benzene rings is 4. The van der Waals surface area contributed by atoms with E-state index in [2.05, 4.69) is 11.3 Å². The first-order chi connectivity index (χ1) is 18.1. The van der Waals surface area contributed by atoms with Crippen molar-refractivity contribution in [3.8, 4) is 11.5 Å². The Balaban J connectivity index is 1.41. The highest BCUT2D eigenvalue weighted by atomic mass is 19.4. The molecule has 0 amide bonds. The molecule has 0 radical (unpaired) electrons. The van der Waals surface area contributed by atoms with Gasteiger partial charge < -0.3 is 9.47 Å². The molecule has 0 aliphatic carbocycles. The predicted molar refractivity (Wildman–Crippen MR) is 134 cm³/mol. The van der Waals surface area contributed by atoms with Gasteiger partial charge in [-0.05, 0) is 77.6 Å². The van der Waals surface area contributed by atoms with E-state index in [1.165, 1.54) is 0 Å². The Kier molecular flexibility index (Phi) is 8.29. The molecule has 0 aliphatic rings. The van der Waals surface area contributed by atoms with Crippen LogP contribution in [0, 0.1) is 17.5 Å². The number of alkyl halides is 3. The second-order valence-electron chi connectivity index (χ2n) is 8.77. The molecule has 0 heterocycles. The summed E-state index contributed by atoms with van der Waals surface area (Å²) in [4.78, 5) is 0. The van der Waals surface area contributed by atoms with Crippen LogP contribution in [0.5, 0.6) is 11.5 Å². The van der Waals surface area contributed by atoms with Crippen molar-refractivity contribution in [2.24, 2.45) is 0 Å². The van der Waals surface area contributed by atoms with Crippen molar-refractivity contribution in [1.82, 2.24) is 0 Å². The molecule has 8 heteroatoms. The van der Waals surface area contributed by atoms with Gasteiger partial charge in [-0.1, -0.05) is 55.1 Å². The van der Waals surface area contributed by atoms with Crippen LogP contribution in [0.2, 0.25) is 0 Å². The lowest BCUT2D eigenvalue weighted by atomic mass is 9.97. The second kappa shape index (κ2) is 11.6. The van der Waals surface area contributed by atoms with Gasteiger partial charge in [0.05, 0.1) is 0 Å². The third-order valence-electron chi connectivity index (χ3n) is 6.05. The fourth-order valence-electron chi connectivity index (χ4n) is 4.18. The first kappa shape index (κ1) is 27.1. The van der Waals surface area contributed by atoms with Gasteiger partial charge in [0.1, 0.15) is 18.2 Å². The Morgan fingerprint density at radius 1 is 0.711 bits per heavy atom. The quantitative estimate of drug-likeness (QED) is 0.152. The molecule has 0 aliphatic heterocycles. The van der Waals surface area contributed by atoms with Crippen LogP contribution in [-0.4, -0.2) is 13.0 Å². The second-order valence-corrected chi connectivity index (χ2v) is 8.77. The lowest BCUT2D eigenvalue weighted by Gasteiger charge is -2.12. The molecule has 0 fully saturated rings. The van der Waals surface area contributed by atoms with Crippen molar-refractivity contribution in [1.29, 1.82) is 0 Å². The fraction of sp³-hybridized carbons (Fsp3) is 0.200. The number of hydrogen-bond donors (Lipinski definition) is 0. The minimum Gasteiger partial charge on any atom is -0.490 e. The lowest BCUT2D eigenvalue weighted by Crippen LogP contribution is -2.19. The standard InChI is InChI=1S/C30H24F6O2/c1-2-15-37-24-12-6-19(7-13-24)3-4-20-8-14-25-23(16-20)11-10-22(28(25)33)9-5-21-17-26(31)29(27(32)18-21)38-30(34,35)36/h2,6-8,10-14,16-18H,1,3-5,9,15H2. The van der Waals surface area contributed by atoms with E-state index >= 15 is 4.39 Å². The predicted octanol–water partition coefficient (Wildman–Crippen LogP) is 8.29. The van der Waals surface area contributed by atoms with Crippen LogP contribution in [0.1, 0.15) is 22.3 Å². The van der Waals surface area contributed by atoms with Gasteiger partial charge in [0.15, 0.2) is 11.6 Å². The molecule has 4 aromatic rings. The summed E-state index contributed by atoms with van der Waals surface area (Å²) >= 11 is 0. The van der Waals surface area contributed by atoms with Gasteiger partial charge in [0.2, 0.25) is 5.75 Å². The van der Waals surface area contributed by atoms with E-state index in [4.69, 9.17) is 4.74 Å². The molecule has 0 saturated carbocycles. The first-order valence-electron chi connectivity index (χ1n) is 11.9. The molecule has 198 valence electrons. The number of aryl methyl sites for hydroxylation is 4. The average molecular weight is 531 g/mol. The van der Waals surface area contributed by atoms with E-state index < -0.39 is 29.6 Å². The van der Waals surface area contributed by atoms with Crippen LogP contribution < -0.4 is 9.47 Å². The normalized spacial score (nSPS) is 11.5. The molecule has 4 rings (SSSR count). The molecule has 0 bridgehead atoms. The zero-order chi connectivity index (χ0) is 27.3. The summed E-state index contributed by atoms with van der Waals surface area (Å²) in [6.07, 6.45) is -1.85. The van der Waals surface area contributed by atoms with E-state index in [0.717, 1.165) is 47.2 Å². The van der Waals surface area contributed by atoms with Crippen LogP contribution in [0.15, 0.2) is 79.4 Å². The number of hydrogen-bond acceptors (Lipinski definition) is 2. The Morgan fingerprint density at radius 2 is 1.34 bits per heavy atom. The maximum Gasteiger partial charge on any atom is 0.573 e. The van der Waals surface area contributed by atoms with Gasteiger partial charge in [-0.3, -0.25) is 0 Å². The third kappa shape index (κ3) is 6.88. The summed E-state index contributed by atoms with van der Waals surface area (Å²) in [5.74, 6) is -4.12. The lowest BCUT2D eigenvalue weighted by molar-refractivity contribution is -0.276. The van der Waals surface area contributed by atoms with E-state index in [1.54, 1.807) is 24.3 Å². The van der Waals surface area contributed by atoms with Crippen molar-refractivity contribution >= 4 is 10.8 Å². The van der Waals surface area contributed by atoms with Gasteiger partial charge in [-0.25, -0.2) is 13.2 Å². The zero-order valence-corrected chi connectivity index (χ0v) is 20.3. The topological polar surface area (TPSA) is 18.5 Å². The number of fused-ring (bicyclic) bond motifs is 1. The summed E-state index contributed by atoms with van der Waals surface area (Å²) in [6, 6.07) is 18.2. The zero-order valence-electron chi connectivity index (χ0n) is 20.3. The Hall–Kier alpha value is -3.94. The van der Waals surface area contributed by atoms with Gasteiger partial charge in [-0.2, -0.15) is 0 Å². The Labute approximate surface area is 216 Å². The summed E-state index contributed by atoms with van der Waals surface area (Å²) < 4.78 is 89.0. The molecule has 0 aromatic heterocycles. The van der Waals surface area contributed by atoms with E-state index in [0.29, 0.717) is 17.6 Å². The molecule has 4 aromatic carbocycles. The van der Waals surface area contributed by atoms with E-state index in [-0.39, 0.29) is 18.4 Å². The third-order valence-corrected chi connectivity index (χ3v) is 6.05. The summed E-state index contributed by atoms with van der Waals surface area (Å²) in [5.41, 5.74) is 2.61. The van der Waals surface area contributed by atoms with E-state index in [1.807, 2.05) is 36.4 Å². The van der Waals surface area contributed by atoms with E-state index in [9.17, 15) is 22.0 Å². The largest absolute Gasteiger partial charge is 0.573 e. The number of rotatable bonds is 10. The van der Waals surface area contributed by atoms with Gasteiger partial charge in [0.25, 0.3) is 0 Å². The molecule has 0 N–H and O–H groups in total. The molecule has 2 nitrogen and oxygen atoms in total. The maximum absolute atomic E-state index is 15.2. The highest BCUT2D eigenvalue weighted by Crippen LogP contribution is 2.30. The highest BCUT2D eigenvalue weighted by Gasteiger charge is 2.34. The smallest absolute Gasteiger partial charge is 0.490 e. The number of ether oxygens (including phenoxy) is 2. The van der Waals surface area contributed by atoms with Crippen LogP contribution in [0.3, 0.4) is 0 Å². The molecule has 38 heavy (non-hydrogen) atoms. The Bertz CT molecular complexity index is 1400. The summed E-state index contributed by atoms with van der Waals surface area (Å²) in [6.45, 7) is 4.07. The van der Waals surface area contributed by atoms with Crippen LogP contribution in [0.25, 0.3) is 10.8 Å². The minimum absolute atomic E-state index is 0.0259. The molecule has 0 unspecified atom stereocenters. The molecular weight excluding hydrogens is 506 g/mol. The average Bonchev–Trinajstić information content (AvgIpc) is 2.88. The van der Waals surface area contributed by atoms with Crippen molar-refractivity contribution in [2.45, 2.75) is 32.0 Å². The SMILES string of the molecule is C=CCOc1ccc(CCc2ccc3c(F)c(CCc4cc(F)c(OC(F)(F)F)c(F)c4)ccc3c2)cc1. The monoisotopic (exact) mass is 530 g/mol. The van der Waals surface area contributed by atoms with Crippen LogP contribution in [-0.2, 0) is 25.7 Å². The molecular formula is C30H24F6O2. The van der Waals surface area contributed by atoms with Crippen molar-refractivity contribution in [3.63, 3.8) is 0 Å². The van der Waals surface area contributed by atoms with Crippen LogP contribution >= 0.6 is 0 Å². The van der Waals surface area contributed by atoms with Crippen molar-refractivity contribution < 1.29 is 35.8 Å². The highest BCUT2D eigenvalue weighted by molar-refractivity contribution is 5.84. The molecule has 0 saturated heterocycles. The Morgan fingerprint density at radius 3 is 2.00 bits per heavy atom. The van der Waals surface area contributed by atoms with Gasteiger partial charge in [0, 0.05) is 5.39 Å². The van der Waals surface area contributed by atoms with Gasteiger partial charge in [-0.15, -0.1) is 13.2 Å². The number of halogens is 6. The molecule has 0 spiro atoms. The first-order valence-corrected chi connectivity index (χ1v) is 11.9. The summed E-state index contributed by atoms with van der Waals surface area (Å²) in [5, 5.41) is 1.14. The van der Waals surface area contributed by atoms with Gasteiger partial charge >= 0.3 is 6.36 Å². The van der Waals surface area contributed by atoms with Crippen molar-refractivity contribution in [3.05, 3.63) is 119 Å². The van der Waals surface area contributed by atoms with Crippen LogP contribution in [0.4, 0.5) is 26.3 Å². The van der Waals surface area contributed by atoms with Crippen molar-refractivity contribution in [2.75, 3.05) is 6.61 Å². The fourth-order valence-corrected chi connectivity index (χ4v) is 4.18. The minimum atomic E-state index is -5.22. The summed E-state index contributed by atoms with van der Waals surface area (Å²) in [7, 11) is 0. The maximum atomic E-state index is 15.2. The molecule has 0 atom stereocenters.